The highest BCUT2D eigenvalue weighted by Gasteiger charge is 2.19. The van der Waals surface area contributed by atoms with Gasteiger partial charge in [0.2, 0.25) is 5.88 Å². The Bertz CT molecular complexity index is 620. The molecular formula is C14H14BrN3O. The Kier molecular flexibility index (Phi) is 3.14. The molecule has 2 aromatic rings. The Morgan fingerprint density at radius 3 is 2.89 bits per heavy atom. The van der Waals surface area contributed by atoms with E-state index in [2.05, 4.69) is 25.9 Å². The first kappa shape index (κ1) is 12.4. The average molecular weight is 320 g/mol. The van der Waals surface area contributed by atoms with Crippen molar-refractivity contribution in [1.82, 2.24) is 9.97 Å². The van der Waals surface area contributed by atoms with Gasteiger partial charge in [0.1, 0.15) is 6.33 Å². The van der Waals surface area contributed by atoms with E-state index >= 15 is 0 Å². The van der Waals surface area contributed by atoms with Crippen LogP contribution in [0.2, 0.25) is 0 Å². The number of fused-ring (bicyclic) bond motifs is 1. The molecule has 0 saturated carbocycles. The molecule has 19 heavy (non-hydrogen) atoms. The third-order valence-corrected chi connectivity index (χ3v) is 3.76. The second-order valence-corrected chi connectivity index (χ2v) is 5.62. The smallest absolute Gasteiger partial charge is 0.225 e. The lowest BCUT2D eigenvalue weighted by molar-refractivity contribution is 0.454. The molecule has 1 heterocycles. The predicted molar refractivity (Wildman–Crippen MR) is 77.4 cm³/mol. The minimum atomic E-state index is 0.609. The molecular weight excluding hydrogens is 306 g/mol. The van der Waals surface area contributed by atoms with Gasteiger partial charge in [-0.1, -0.05) is 15.9 Å². The average Bonchev–Trinajstić information content (AvgIpc) is 2.82. The van der Waals surface area contributed by atoms with Gasteiger partial charge < -0.3 is 10.5 Å². The van der Waals surface area contributed by atoms with Crippen molar-refractivity contribution in [3.05, 3.63) is 39.8 Å². The molecule has 1 aliphatic carbocycles. The van der Waals surface area contributed by atoms with Gasteiger partial charge in [0.25, 0.3) is 0 Å². The lowest BCUT2D eigenvalue weighted by Crippen LogP contribution is -2.00. The molecule has 0 spiro atoms. The van der Waals surface area contributed by atoms with Crippen molar-refractivity contribution in [2.75, 3.05) is 5.73 Å². The van der Waals surface area contributed by atoms with E-state index in [-0.39, 0.29) is 0 Å². The number of hydrogen-bond acceptors (Lipinski definition) is 4. The molecule has 0 saturated heterocycles. The van der Waals surface area contributed by atoms with Gasteiger partial charge >= 0.3 is 0 Å². The number of hydrogen-bond donors (Lipinski definition) is 1. The summed E-state index contributed by atoms with van der Waals surface area (Å²) >= 11 is 3.42. The first-order valence-corrected chi connectivity index (χ1v) is 7.00. The Labute approximate surface area is 120 Å². The Hall–Kier alpha value is -1.62. The first-order valence-electron chi connectivity index (χ1n) is 6.21. The Morgan fingerprint density at radius 1 is 1.26 bits per heavy atom. The maximum atomic E-state index is 6.02. The molecule has 0 unspecified atom stereocenters. The second kappa shape index (κ2) is 4.81. The number of nitrogens with zero attached hydrogens (tertiary/aromatic N) is 2. The standard InChI is InChI=1S/C14H14BrN3O/c1-8-5-9(15)6-11(16)13(8)19-14-10-3-2-4-12(10)17-7-18-14/h5-7H,2-4,16H2,1H3. The fraction of sp³-hybridized carbons (Fsp3) is 0.286. The van der Waals surface area contributed by atoms with Gasteiger partial charge in [0, 0.05) is 10.0 Å². The van der Waals surface area contributed by atoms with Crippen molar-refractivity contribution in [3.63, 3.8) is 0 Å². The monoisotopic (exact) mass is 319 g/mol. The maximum Gasteiger partial charge on any atom is 0.225 e. The van der Waals surface area contributed by atoms with Gasteiger partial charge in [-0.05, 0) is 43.9 Å². The number of rotatable bonds is 2. The van der Waals surface area contributed by atoms with Gasteiger partial charge in [0.15, 0.2) is 5.75 Å². The van der Waals surface area contributed by atoms with Crippen LogP contribution in [0.5, 0.6) is 11.6 Å². The molecule has 0 fully saturated rings. The van der Waals surface area contributed by atoms with E-state index in [0.29, 0.717) is 17.3 Å². The summed E-state index contributed by atoms with van der Waals surface area (Å²) < 4.78 is 6.89. The third-order valence-electron chi connectivity index (χ3n) is 3.30. The van der Waals surface area contributed by atoms with Crippen LogP contribution in [0.15, 0.2) is 22.9 Å². The van der Waals surface area contributed by atoms with Crippen molar-refractivity contribution in [2.45, 2.75) is 26.2 Å². The highest BCUT2D eigenvalue weighted by atomic mass is 79.9. The van der Waals surface area contributed by atoms with Crippen molar-refractivity contribution < 1.29 is 4.74 Å². The molecule has 1 aromatic carbocycles. The number of halogens is 1. The highest BCUT2D eigenvalue weighted by Crippen LogP contribution is 2.36. The van der Waals surface area contributed by atoms with E-state index in [1.165, 1.54) is 0 Å². The van der Waals surface area contributed by atoms with Crippen LogP contribution in [-0.2, 0) is 12.8 Å². The predicted octanol–water partition coefficient (Wildman–Crippen LogP) is 3.41. The largest absolute Gasteiger partial charge is 0.436 e. The summed E-state index contributed by atoms with van der Waals surface area (Å²) in [6.07, 6.45) is 4.65. The maximum absolute atomic E-state index is 6.02. The van der Waals surface area contributed by atoms with Gasteiger partial charge in [0.05, 0.1) is 11.4 Å². The van der Waals surface area contributed by atoms with Gasteiger partial charge in [-0.25, -0.2) is 9.97 Å². The number of benzene rings is 1. The summed E-state index contributed by atoms with van der Waals surface area (Å²) in [4.78, 5) is 8.54. The Morgan fingerprint density at radius 2 is 2.11 bits per heavy atom. The van der Waals surface area contributed by atoms with Crippen LogP contribution in [0.4, 0.5) is 5.69 Å². The minimum absolute atomic E-state index is 0.609. The van der Waals surface area contributed by atoms with E-state index in [4.69, 9.17) is 10.5 Å². The number of ether oxygens (including phenoxy) is 1. The van der Waals surface area contributed by atoms with Crippen molar-refractivity contribution in [1.29, 1.82) is 0 Å². The molecule has 1 aromatic heterocycles. The van der Waals surface area contributed by atoms with E-state index in [1.54, 1.807) is 6.33 Å². The van der Waals surface area contributed by atoms with Crippen LogP contribution < -0.4 is 10.5 Å². The normalized spacial score (nSPS) is 13.4. The lowest BCUT2D eigenvalue weighted by atomic mass is 10.2. The SMILES string of the molecule is Cc1cc(Br)cc(N)c1Oc1ncnc2c1CCC2. The van der Waals surface area contributed by atoms with Crippen molar-refractivity contribution >= 4 is 21.6 Å². The number of aryl methyl sites for hydroxylation is 2. The minimum Gasteiger partial charge on any atom is -0.436 e. The number of nitrogen functional groups attached to an aromatic ring is 1. The summed E-state index contributed by atoms with van der Waals surface area (Å²) in [7, 11) is 0. The zero-order valence-corrected chi connectivity index (χ0v) is 12.2. The topological polar surface area (TPSA) is 61.0 Å². The van der Waals surface area contributed by atoms with Crippen LogP contribution in [0.25, 0.3) is 0 Å². The number of aromatic nitrogens is 2. The van der Waals surface area contributed by atoms with Crippen LogP contribution in [0.1, 0.15) is 23.2 Å². The quantitative estimate of drug-likeness (QED) is 0.862. The van der Waals surface area contributed by atoms with E-state index in [1.807, 2.05) is 19.1 Å². The lowest BCUT2D eigenvalue weighted by Gasteiger charge is -2.13. The van der Waals surface area contributed by atoms with Gasteiger partial charge in [-0.2, -0.15) is 0 Å². The van der Waals surface area contributed by atoms with Crippen LogP contribution in [0, 0.1) is 6.92 Å². The van der Waals surface area contributed by atoms with Crippen LogP contribution in [0.3, 0.4) is 0 Å². The Balaban J connectivity index is 2.01. The molecule has 0 aliphatic heterocycles. The molecule has 4 nitrogen and oxygen atoms in total. The van der Waals surface area contributed by atoms with E-state index in [9.17, 15) is 0 Å². The summed E-state index contributed by atoms with van der Waals surface area (Å²) in [6.45, 7) is 1.97. The van der Waals surface area contributed by atoms with E-state index < -0.39 is 0 Å². The summed E-state index contributed by atoms with van der Waals surface area (Å²) in [5.74, 6) is 1.32. The van der Waals surface area contributed by atoms with Crippen molar-refractivity contribution in [3.8, 4) is 11.6 Å². The fourth-order valence-electron chi connectivity index (χ4n) is 2.41. The third kappa shape index (κ3) is 2.30. The molecule has 0 atom stereocenters. The summed E-state index contributed by atoms with van der Waals surface area (Å²) in [6, 6.07) is 3.82. The molecule has 0 amide bonds. The van der Waals surface area contributed by atoms with Gasteiger partial charge in [-0.3, -0.25) is 0 Å². The number of nitrogens with two attached hydrogens (primary N) is 1. The molecule has 3 rings (SSSR count). The molecule has 5 heteroatoms. The molecule has 0 radical (unpaired) electrons. The summed E-state index contributed by atoms with van der Waals surface area (Å²) in [5, 5.41) is 0. The van der Waals surface area contributed by atoms with E-state index in [0.717, 1.165) is 40.6 Å². The zero-order chi connectivity index (χ0) is 13.4. The molecule has 2 N–H and O–H groups in total. The van der Waals surface area contributed by atoms with Gasteiger partial charge in [-0.15, -0.1) is 0 Å². The molecule has 98 valence electrons. The fourth-order valence-corrected chi connectivity index (χ4v) is 3.00. The first-order chi connectivity index (χ1) is 9.15. The molecule has 0 bridgehead atoms. The zero-order valence-electron chi connectivity index (χ0n) is 10.6. The highest BCUT2D eigenvalue weighted by molar-refractivity contribution is 9.10. The number of anilines is 1. The van der Waals surface area contributed by atoms with Crippen LogP contribution >= 0.6 is 15.9 Å². The van der Waals surface area contributed by atoms with Crippen molar-refractivity contribution in [2.24, 2.45) is 0 Å². The second-order valence-electron chi connectivity index (χ2n) is 4.70. The molecule has 1 aliphatic rings. The van der Waals surface area contributed by atoms with Crippen LogP contribution in [-0.4, -0.2) is 9.97 Å². The summed E-state index contributed by atoms with van der Waals surface area (Å²) in [5.41, 5.74) is 9.82.